The molecule has 2 aliphatic carbocycles. The largest absolute Gasteiger partial charge is 0.0622 e. The van der Waals surface area contributed by atoms with Crippen molar-refractivity contribution in [3.63, 3.8) is 0 Å². The summed E-state index contributed by atoms with van der Waals surface area (Å²) in [6.45, 7) is 9.41. The van der Waals surface area contributed by atoms with E-state index in [1.54, 1.807) is 22.3 Å². The zero-order valence-corrected chi connectivity index (χ0v) is 11.4. The molecular weight excluding hydrogens is 204 g/mol. The summed E-state index contributed by atoms with van der Waals surface area (Å²) < 4.78 is 0. The molecule has 0 bridgehead atoms. The van der Waals surface area contributed by atoms with E-state index in [1.165, 1.54) is 24.8 Å². The van der Waals surface area contributed by atoms with Crippen LogP contribution in [0.25, 0.3) is 5.57 Å². The van der Waals surface area contributed by atoms with Gasteiger partial charge in [0.05, 0.1) is 0 Å². The molecule has 0 spiro atoms. The van der Waals surface area contributed by atoms with E-state index < -0.39 is 0 Å². The number of allylic oxidation sites excluding steroid dienone is 2. The van der Waals surface area contributed by atoms with Gasteiger partial charge in [-0.15, -0.1) is 0 Å². The Morgan fingerprint density at radius 3 is 2.76 bits per heavy atom. The zero-order valence-electron chi connectivity index (χ0n) is 11.4. The molecule has 0 saturated carbocycles. The van der Waals surface area contributed by atoms with Gasteiger partial charge in [0.2, 0.25) is 0 Å². The van der Waals surface area contributed by atoms with Crippen LogP contribution in [-0.2, 0) is 5.41 Å². The number of aryl methyl sites for hydroxylation is 1. The predicted octanol–water partition coefficient (Wildman–Crippen LogP) is 4.86. The van der Waals surface area contributed by atoms with Crippen molar-refractivity contribution in [3.05, 3.63) is 40.5 Å². The third-order valence-corrected chi connectivity index (χ3v) is 4.73. The van der Waals surface area contributed by atoms with Crippen molar-refractivity contribution >= 4 is 5.57 Å². The van der Waals surface area contributed by atoms with Crippen molar-refractivity contribution in [2.45, 2.75) is 52.4 Å². The molecule has 0 N–H and O–H groups in total. The van der Waals surface area contributed by atoms with E-state index in [-0.39, 0.29) is 5.41 Å². The van der Waals surface area contributed by atoms with Gasteiger partial charge in [-0.1, -0.05) is 50.1 Å². The molecule has 0 aliphatic heterocycles. The summed E-state index contributed by atoms with van der Waals surface area (Å²) in [5.41, 5.74) is 8.17. The molecule has 1 aromatic rings. The van der Waals surface area contributed by atoms with Gasteiger partial charge in [0, 0.05) is 5.41 Å². The molecule has 0 amide bonds. The van der Waals surface area contributed by atoms with Crippen molar-refractivity contribution in [1.82, 2.24) is 0 Å². The van der Waals surface area contributed by atoms with Crippen LogP contribution >= 0.6 is 0 Å². The molecule has 1 atom stereocenters. The van der Waals surface area contributed by atoms with Gasteiger partial charge in [-0.3, -0.25) is 0 Å². The van der Waals surface area contributed by atoms with Crippen molar-refractivity contribution in [2.75, 3.05) is 0 Å². The molecule has 3 rings (SSSR count). The molecule has 1 unspecified atom stereocenters. The van der Waals surface area contributed by atoms with E-state index in [2.05, 4.69) is 45.9 Å². The maximum absolute atomic E-state index is 2.41. The van der Waals surface area contributed by atoms with Gasteiger partial charge in [-0.2, -0.15) is 0 Å². The SMILES string of the molecule is Cc1ccc2c(c1)C(C)(C)C1=C2CC(C)CC1. The van der Waals surface area contributed by atoms with Gasteiger partial charge in [0.25, 0.3) is 0 Å². The van der Waals surface area contributed by atoms with Gasteiger partial charge in [-0.25, -0.2) is 0 Å². The van der Waals surface area contributed by atoms with E-state index in [9.17, 15) is 0 Å². The molecule has 0 fully saturated rings. The first-order valence-corrected chi connectivity index (χ1v) is 6.84. The molecule has 0 radical (unpaired) electrons. The van der Waals surface area contributed by atoms with Gasteiger partial charge in [0.15, 0.2) is 0 Å². The van der Waals surface area contributed by atoms with Crippen LogP contribution in [0.15, 0.2) is 23.8 Å². The predicted molar refractivity (Wildman–Crippen MR) is 74.1 cm³/mol. The van der Waals surface area contributed by atoms with Crippen LogP contribution in [0.1, 0.15) is 56.7 Å². The normalized spacial score (nSPS) is 25.8. The fourth-order valence-electron chi connectivity index (χ4n) is 3.68. The average Bonchev–Trinajstić information content (AvgIpc) is 2.48. The fourth-order valence-corrected chi connectivity index (χ4v) is 3.68. The first-order valence-electron chi connectivity index (χ1n) is 6.84. The summed E-state index contributed by atoms with van der Waals surface area (Å²) in [5.74, 6) is 0.858. The van der Waals surface area contributed by atoms with Crippen molar-refractivity contribution in [2.24, 2.45) is 5.92 Å². The quantitative estimate of drug-likeness (QED) is 0.592. The van der Waals surface area contributed by atoms with Crippen LogP contribution in [0.5, 0.6) is 0 Å². The Hall–Kier alpha value is -1.04. The summed E-state index contributed by atoms with van der Waals surface area (Å²) >= 11 is 0. The Bertz CT molecular complexity index is 503. The van der Waals surface area contributed by atoms with Crippen LogP contribution < -0.4 is 0 Å². The number of benzene rings is 1. The minimum Gasteiger partial charge on any atom is -0.0622 e. The molecule has 0 heterocycles. The molecule has 0 nitrogen and oxygen atoms in total. The van der Waals surface area contributed by atoms with Crippen LogP contribution in [-0.4, -0.2) is 0 Å². The Balaban J connectivity index is 2.20. The van der Waals surface area contributed by atoms with E-state index in [4.69, 9.17) is 0 Å². The average molecular weight is 226 g/mol. The van der Waals surface area contributed by atoms with Crippen LogP contribution in [0, 0.1) is 12.8 Å². The number of rotatable bonds is 0. The van der Waals surface area contributed by atoms with Gasteiger partial charge in [-0.05, 0) is 48.8 Å². The molecule has 0 heteroatoms. The van der Waals surface area contributed by atoms with Crippen LogP contribution in [0.3, 0.4) is 0 Å². The van der Waals surface area contributed by atoms with E-state index >= 15 is 0 Å². The Morgan fingerprint density at radius 1 is 1.24 bits per heavy atom. The Morgan fingerprint density at radius 2 is 2.00 bits per heavy atom. The van der Waals surface area contributed by atoms with E-state index in [0.717, 1.165) is 5.92 Å². The van der Waals surface area contributed by atoms with Gasteiger partial charge < -0.3 is 0 Å². The topological polar surface area (TPSA) is 0 Å². The molecule has 2 aliphatic rings. The molecular formula is C17H22. The van der Waals surface area contributed by atoms with Gasteiger partial charge >= 0.3 is 0 Å². The number of hydrogen-bond acceptors (Lipinski definition) is 0. The maximum atomic E-state index is 2.41. The summed E-state index contributed by atoms with van der Waals surface area (Å²) in [6, 6.07) is 7.02. The monoisotopic (exact) mass is 226 g/mol. The summed E-state index contributed by atoms with van der Waals surface area (Å²) in [4.78, 5) is 0. The minimum atomic E-state index is 0.275. The number of hydrogen-bond donors (Lipinski definition) is 0. The lowest BCUT2D eigenvalue weighted by Crippen LogP contribution is -2.19. The zero-order chi connectivity index (χ0) is 12.2. The fraction of sp³-hybridized carbons (Fsp3) is 0.529. The Labute approximate surface area is 105 Å². The third kappa shape index (κ3) is 1.50. The second-order valence-electron chi connectivity index (χ2n) is 6.48. The Kier molecular flexibility index (Phi) is 2.26. The molecule has 0 saturated heterocycles. The molecule has 90 valence electrons. The lowest BCUT2D eigenvalue weighted by molar-refractivity contribution is 0.489. The van der Waals surface area contributed by atoms with Crippen molar-refractivity contribution < 1.29 is 0 Å². The highest BCUT2D eigenvalue weighted by Crippen LogP contribution is 2.52. The summed E-state index contributed by atoms with van der Waals surface area (Å²) in [5, 5.41) is 0. The summed E-state index contributed by atoms with van der Waals surface area (Å²) in [7, 11) is 0. The summed E-state index contributed by atoms with van der Waals surface area (Å²) in [6.07, 6.45) is 3.96. The number of fused-ring (bicyclic) bond motifs is 2. The molecule has 17 heavy (non-hydrogen) atoms. The highest BCUT2D eigenvalue weighted by Gasteiger charge is 2.39. The second kappa shape index (κ2) is 3.48. The van der Waals surface area contributed by atoms with Crippen LogP contribution in [0.2, 0.25) is 0 Å². The first-order chi connectivity index (χ1) is 8.00. The lowest BCUT2D eigenvalue weighted by atomic mass is 9.75. The van der Waals surface area contributed by atoms with E-state index in [1.807, 2.05) is 0 Å². The van der Waals surface area contributed by atoms with Crippen molar-refractivity contribution in [1.29, 1.82) is 0 Å². The lowest BCUT2D eigenvalue weighted by Gasteiger charge is -2.29. The highest BCUT2D eigenvalue weighted by atomic mass is 14.4. The maximum Gasteiger partial charge on any atom is 0.0117 e. The molecule has 1 aromatic carbocycles. The standard InChI is InChI=1S/C17H22/c1-11-6-8-15-14(9-11)13-7-5-12(2)10-16(13)17(15,3)4/h5,7,10-11H,6,8-9H2,1-4H3. The molecule has 0 aromatic heterocycles. The second-order valence-corrected chi connectivity index (χ2v) is 6.48. The smallest absolute Gasteiger partial charge is 0.0117 e. The van der Waals surface area contributed by atoms with Crippen molar-refractivity contribution in [3.8, 4) is 0 Å². The third-order valence-electron chi connectivity index (χ3n) is 4.73. The highest BCUT2D eigenvalue weighted by molar-refractivity contribution is 5.81. The first kappa shape index (κ1) is 11.1. The minimum absolute atomic E-state index is 0.275. The van der Waals surface area contributed by atoms with E-state index in [0.29, 0.717) is 0 Å². The van der Waals surface area contributed by atoms with Gasteiger partial charge in [0.1, 0.15) is 0 Å². The van der Waals surface area contributed by atoms with Crippen LogP contribution in [0.4, 0.5) is 0 Å².